The Morgan fingerprint density at radius 1 is 1.32 bits per heavy atom. The van der Waals surface area contributed by atoms with Crippen LogP contribution in [0.25, 0.3) is 6.08 Å². The average molecular weight is 348 g/mol. The van der Waals surface area contributed by atoms with Gasteiger partial charge in [0, 0.05) is 17.9 Å². The lowest BCUT2D eigenvalue weighted by Crippen LogP contribution is -2.20. The molecule has 0 atom stereocenters. The van der Waals surface area contributed by atoms with Gasteiger partial charge in [0.15, 0.2) is 0 Å². The molecule has 0 fully saturated rings. The van der Waals surface area contributed by atoms with Gasteiger partial charge in [-0.1, -0.05) is 0 Å². The quantitative estimate of drug-likeness (QED) is 0.595. The Balaban J connectivity index is 2.24. The Bertz CT molecular complexity index is 731. The Morgan fingerprint density at radius 2 is 2.04 bits per heavy atom. The summed E-state index contributed by atoms with van der Waals surface area (Å²) in [6.07, 6.45) is 1.63. The predicted molar refractivity (Wildman–Crippen MR) is 94.3 cm³/mol. The summed E-state index contributed by atoms with van der Waals surface area (Å²) in [5.41, 5.74) is 5.23. The molecule has 2 heterocycles. The molecule has 0 aromatic carbocycles. The highest BCUT2D eigenvalue weighted by Gasteiger charge is 2.26. The van der Waals surface area contributed by atoms with Crippen molar-refractivity contribution in [2.75, 3.05) is 33.9 Å². The number of carbonyl (C=O) groups excluding carboxylic acids is 2. The molecule has 25 heavy (non-hydrogen) atoms. The SMILES string of the molecule is CCOC1=NNC(=O)C1=Cc1[nH]c(C)c(C(=O)OCCN(C)C)c1C. The summed E-state index contributed by atoms with van der Waals surface area (Å²) >= 11 is 0. The number of rotatable bonds is 6. The second kappa shape index (κ2) is 7.98. The summed E-state index contributed by atoms with van der Waals surface area (Å²) in [5.74, 6) is -0.480. The van der Waals surface area contributed by atoms with Gasteiger partial charge in [-0.3, -0.25) is 4.79 Å². The molecule has 8 heteroatoms. The maximum atomic E-state index is 12.3. The monoisotopic (exact) mass is 348 g/mol. The topological polar surface area (TPSA) is 96.0 Å². The van der Waals surface area contributed by atoms with Crippen LogP contribution in [0.4, 0.5) is 0 Å². The molecule has 2 N–H and O–H groups in total. The number of hydrogen-bond donors (Lipinski definition) is 2. The number of amides is 1. The van der Waals surface area contributed by atoms with Gasteiger partial charge in [-0.15, -0.1) is 5.10 Å². The lowest BCUT2D eigenvalue weighted by Gasteiger charge is -2.10. The second-order valence-electron chi connectivity index (χ2n) is 5.95. The summed E-state index contributed by atoms with van der Waals surface area (Å²) in [6.45, 7) is 6.79. The lowest BCUT2D eigenvalue weighted by molar-refractivity contribution is -0.116. The van der Waals surface area contributed by atoms with E-state index in [2.05, 4.69) is 15.5 Å². The molecule has 8 nitrogen and oxygen atoms in total. The Labute approximate surface area is 146 Å². The van der Waals surface area contributed by atoms with Crippen LogP contribution in [0.15, 0.2) is 10.7 Å². The number of likely N-dealkylation sites (N-methyl/N-ethyl adjacent to an activating group) is 1. The van der Waals surface area contributed by atoms with Gasteiger partial charge in [0.25, 0.3) is 5.91 Å². The number of esters is 1. The van der Waals surface area contributed by atoms with Crippen molar-refractivity contribution in [3.63, 3.8) is 0 Å². The van der Waals surface area contributed by atoms with Gasteiger partial charge >= 0.3 is 5.97 Å². The van der Waals surface area contributed by atoms with Crippen molar-refractivity contribution in [2.45, 2.75) is 20.8 Å². The van der Waals surface area contributed by atoms with Crippen LogP contribution in [0.5, 0.6) is 0 Å². The largest absolute Gasteiger partial charge is 0.476 e. The van der Waals surface area contributed by atoms with E-state index in [1.165, 1.54) is 0 Å². The molecule has 1 aromatic heterocycles. The minimum Gasteiger partial charge on any atom is -0.476 e. The normalized spacial score (nSPS) is 15.5. The van der Waals surface area contributed by atoms with Crippen molar-refractivity contribution in [2.24, 2.45) is 5.10 Å². The van der Waals surface area contributed by atoms with E-state index in [4.69, 9.17) is 9.47 Å². The molecule has 136 valence electrons. The summed E-state index contributed by atoms with van der Waals surface area (Å²) < 4.78 is 10.7. The standard InChI is InChI=1S/C17H24N4O4/c1-6-24-16-12(15(22)19-20-16)9-13-10(2)14(11(3)18-13)17(23)25-8-7-21(4)5/h9,18H,6-8H2,1-5H3,(H,19,22). The van der Waals surface area contributed by atoms with Crippen LogP contribution in [-0.4, -0.2) is 61.5 Å². The molecule has 1 aliphatic heterocycles. The van der Waals surface area contributed by atoms with E-state index in [-0.39, 0.29) is 17.8 Å². The fourth-order valence-corrected chi connectivity index (χ4v) is 2.46. The third-order valence-electron chi connectivity index (χ3n) is 3.76. The first-order chi connectivity index (χ1) is 11.8. The third-order valence-corrected chi connectivity index (χ3v) is 3.76. The fourth-order valence-electron chi connectivity index (χ4n) is 2.46. The van der Waals surface area contributed by atoms with Gasteiger partial charge in [-0.05, 0) is 46.5 Å². The predicted octanol–water partition coefficient (Wildman–Crippen LogP) is 1.21. The first kappa shape index (κ1) is 18.7. The van der Waals surface area contributed by atoms with Gasteiger partial charge in [0.05, 0.1) is 12.2 Å². The average Bonchev–Trinajstić information content (AvgIpc) is 3.01. The van der Waals surface area contributed by atoms with Crippen LogP contribution in [0, 0.1) is 13.8 Å². The van der Waals surface area contributed by atoms with E-state index in [0.29, 0.717) is 42.3 Å². The van der Waals surface area contributed by atoms with Crippen LogP contribution in [0.3, 0.4) is 0 Å². The summed E-state index contributed by atoms with van der Waals surface area (Å²) in [4.78, 5) is 29.3. The van der Waals surface area contributed by atoms with Gasteiger partial charge in [0.2, 0.25) is 5.90 Å². The van der Waals surface area contributed by atoms with E-state index in [1.807, 2.05) is 32.8 Å². The smallest absolute Gasteiger partial charge is 0.340 e. The van der Waals surface area contributed by atoms with Gasteiger partial charge in [-0.2, -0.15) is 0 Å². The van der Waals surface area contributed by atoms with Crippen LogP contribution < -0.4 is 5.43 Å². The molecule has 0 radical (unpaired) electrons. The first-order valence-electron chi connectivity index (χ1n) is 8.09. The highest BCUT2D eigenvalue weighted by atomic mass is 16.5. The number of hydrazone groups is 1. The van der Waals surface area contributed by atoms with Crippen LogP contribution in [-0.2, 0) is 14.3 Å². The molecule has 0 unspecified atom stereocenters. The zero-order valence-electron chi connectivity index (χ0n) is 15.2. The van der Waals surface area contributed by atoms with Gasteiger partial charge in [0.1, 0.15) is 12.2 Å². The summed E-state index contributed by atoms with van der Waals surface area (Å²) in [6, 6.07) is 0. The van der Waals surface area contributed by atoms with E-state index >= 15 is 0 Å². The van der Waals surface area contributed by atoms with Gasteiger partial charge < -0.3 is 19.4 Å². The van der Waals surface area contributed by atoms with Crippen molar-refractivity contribution in [3.8, 4) is 0 Å². The highest BCUT2D eigenvalue weighted by Crippen LogP contribution is 2.22. The molecule has 0 spiro atoms. The zero-order valence-corrected chi connectivity index (χ0v) is 15.2. The minimum absolute atomic E-state index is 0.245. The van der Waals surface area contributed by atoms with Crippen molar-refractivity contribution >= 4 is 23.9 Å². The van der Waals surface area contributed by atoms with E-state index in [9.17, 15) is 9.59 Å². The Morgan fingerprint density at radius 3 is 2.68 bits per heavy atom. The molecule has 1 aromatic rings. The van der Waals surface area contributed by atoms with E-state index in [1.54, 1.807) is 13.0 Å². The van der Waals surface area contributed by atoms with Crippen molar-refractivity contribution in [1.29, 1.82) is 0 Å². The van der Waals surface area contributed by atoms with Crippen LogP contribution >= 0.6 is 0 Å². The fraction of sp³-hybridized carbons (Fsp3) is 0.471. The molecule has 0 aliphatic carbocycles. The van der Waals surface area contributed by atoms with Crippen LogP contribution in [0.1, 0.15) is 34.2 Å². The van der Waals surface area contributed by atoms with Crippen molar-refractivity contribution in [1.82, 2.24) is 15.3 Å². The number of ether oxygens (including phenoxy) is 2. The minimum atomic E-state index is -0.382. The van der Waals surface area contributed by atoms with Crippen LogP contribution in [0.2, 0.25) is 0 Å². The zero-order chi connectivity index (χ0) is 18.6. The number of aromatic nitrogens is 1. The second-order valence-corrected chi connectivity index (χ2v) is 5.95. The van der Waals surface area contributed by atoms with E-state index in [0.717, 1.165) is 5.56 Å². The molecule has 0 bridgehead atoms. The molecule has 2 rings (SSSR count). The molecule has 1 aliphatic rings. The number of nitrogens with zero attached hydrogens (tertiary/aromatic N) is 2. The molecular weight excluding hydrogens is 324 g/mol. The molecular formula is C17H24N4O4. The van der Waals surface area contributed by atoms with Crippen molar-refractivity contribution < 1.29 is 19.1 Å². The first-order valence-corrected chi connectivity index (χ1v) is 8.09. The van der Waals surface area contributed by atoms with Crippen molar-refractivity contribution in [3.05, 3.63) is 28.1 Å². The number of carbonyl (C=O) groups is 2. The molecule has 0 saturated heterocycles. The number of H-pyrrole nitrogens is 1. The number of aromatic amines is 1. The molecule has 0 saturated carbocycles. The number of aryl methyl sites for hydroxylation is 1. The summed E-state index contributed by atoms with van der Waals surface area (Å²) in [5, 5.41) is 3.85. The summed E-state index contributed by atoms with van der Waals surface area (Å²) in [7, 11) is 3.82. The number of nitrogens with one attached hydrogen (secondary N) is 2. The lowest BCUT2D eigenvalue weighted by atomic mass is 10.1. The highest BCUT2D eigenvalue weighted by molar-refractivity contribution is 6.24. The number of hydrogen-bond acceptors (Lipinski definition) is 6. The Kier molecular flexibility index (Phi) is 5.97. The maximum Gasteiger partial charge on any atom is 0.340 e. The third kappa shape index (κ3) is 4.27. The van der Waals surface area contributed by atoms with E-state index < -0.39 is 0 Å². The Hall–Kier alpha value is -2.61. The molecule has 1 amide bonds. The van der Waals surface area contributed by atoms with Gasteiger partial charge in [-0.25, -0.2) is 10.2 Å². The maximum absolute atomic E-state index is 12.3.